The van der Waals surface area contributed by atoms with Crippen molar-refractivity contribution in [3.8, 4) is 11.5 Å². The molecule has 0 radical (unpaired) electrons. The van der Waals surface area contributed by atoms with Crippen LogP contribution in [0.25, 0.3) is 11.5 Å². The summed E-state index contributed by atoms with van der Waals surface area (Å²) in [5.74, 6) is 2.59. The number of aromatic nitrogens is 2. The van der Waals surface area contributed by atoms with Gasteiger partial charge in [-0.15, -0.1) is 10.2 Å². The van der Waals surface area contributed by atoms with Crippen molar-refractivity contribution in [2.45, 2.75) is 26.8 Å². The molecule has 0 aliphatic heterocycles. The Bertz CT molecular complexity index is 795. The van der Waals surface area contributed by atoms with Crippen molar-refractivity contribution in [1.82, 2.24) is 15.1 Å². The third-order valence-electron chi connectivity index (χ3n) is 4.07. The topological polar surface area (TPSA) is 75.5 Å². The number of benzene rings is 1. The van der Waals surface area contributed by atoms with Gasteiger partial charge >= 0.3 is 0 Å². The molecule has 1 aromatic carbocycles. The molecule has 1 N–H and O–H groups in total. The Kier molecular flexibility index (Phi) is 5.63. The van der Waals surface area contributed by atoms with Crippen molar-refractivity contribution in [3.05, 3.63) is 59.4 Å². The van der Waals surface area contributed by atoms with Crippen LogP contribution in [0.15, 0.2) is 45.2 Å². The molecule has 0 fully saturated rings. The maximum atomic E-state index is 9.31. The zero-order chi connectivity index (χ0) is 17.6. The van der Waals surface area contributed by atoms with Gasteiger partial charge in [-0.1, -0.05) is 30.3 Å². The number of aryl methyl sites for hydroxylation is 2. The molecule has 3 rings (SSSR count). The molecule has 132 valence electrons. The molecule has 6 heteroatoms. The first kappa shape index (κ1) is 17.4. The highest BCUT2D eigenvalue weighted by molar-refractivity contribution is 5.55. The van der Waals surface area contributed by atoms with Crippen LogP contribution in [-0.2, 0) is 13.0 Å². The molecule has 3 aromatic rings. The lowest BCUT2D eigenvalue weighted by atomic mass is 10.1. The third-order valence-corrected chi connectivity index (χ3v) is 4.07. The van der Waals surface area contributed by atoms with Gasteiger partial charge in [-0.2, -0.15) is 0 Å². The van der Waals surface area contributed by atoms with Crippen LogP contribution in [-0.4, -0.2) is 39.9 Å². The third kappa shape index (κ3) is 4.55. The first-order chi connectivity index (χ1) is 12.2. The molecule has 0 amide bonds. The lowest BCUT2D eigenvalue weighted by Gasteiger charge is -2.19. The number of rotatable bonds is 8. The molecule has 0 aliphatic rings. The summed E-state index contributed by atoms with van der Waals surface area (Å²) in [6.07, 6.45) is 0.905. The van der Waals surface area contributed by atoms with E-state index in [9.17, 15) is 5.11 Å². The van der Waals surface area contributed by atoms with Crippen molar-refractivity contribution in [3.63, 3.8) is 0 Å². The molecular formula is C19H23N3O3. The molecule has 2 heterocycles. The van der Waals surface area contributed by atoms with Gasteiger partial charge in [0.2, 0.25) is 5.89 Å². The Hall–Kier alpha value is -2.44. The molecular weight excluding hydrogens is 318 g/mol. The van der Waals surface area contributed by atoms with Gasteiger partial charge in [-0.05, 0) is 31.9 Å². The van der Waals surface area contributed by atoms with Crippen LogP contribution < -0.4 is 0 Å². The van der Waals surface area contributed by atoms with E-state index in [1.54, 1.807) is 0 Å². The second-order valence-electron chi connectivity index (χ2n) is 6.06. The number of aliphatic hydroxyl groups is 1. The highest BCUT2D eigenvalue weighted by atomic mass is 16.4. The van der Waals surface area contributed by atoms with E-state index in [0.29, 0.717) is 24.9 Å². The number of furan rings is 1. The predicted molar refractivity (Wildman–Crippen MR) is 94.0 cm³/mol. The van der Waals surface area contributed by atoms with Gasteiger partial charge in [0.05, 0.1) is 18.7 Å². The smallest absolute Gasteiger partial charge is 0.251 e. The first-order valence-electron chi connectivity index (χ1n) is 8.42. The Labute approximate surface area is 147 Å². The molecule has 0 saturated heterocycles. The van der Waals surface area contributed by atoms with Crippen LogP contribution in [0.4, 0.5) is 0 Å². The van der Waals surface area contributed by atoms with Crippen molar-refractivity contribution in [2.24, 2.45) is 0 Å². The minimum atomic E-state index is 0.0931. The minimum absolute atomic E-state index is 0.0931. The van der Waals surface area contributed by atoms with Gasteiger partial charge in [-0.25, -0.2) is 0 Å². The normalized spacial score (nSPS) is 11.4. The Morgan fingerprint density at radius 3 is 2.52 bits per heavy atom. The molecule has 6 nitrogen and oxygen atoms in total. The zero-order valence-electron chi connectivity index (χ0n) is 14.6. The van der Waals surface area contributed by atoms with Gasteiger partial charge in [-0.3, -0.25) is 4.90 Å². The summed E-state index contributed by atoms with van der Waals surface area (Å²) in [5, 5.41) is 17.6. The summed E-state index contributed by atoms with van der Waals surface area (Å²) >= 11 is 0. The van der Waals surface area contributed by atoms with E-state index < -0.39 is 0 Å². The van der Waals surface area contributed by atoms with E-state index >= 15 is 0 Å². The second-order valence-corrected chi connectivity index (χ2v) is 6.06. The van der Waals surface area contributed by atoms with Crippen LogP contribution in [0.2, 0.25) is 0 Å². The fourth-order valence-corrected chi connectivity index (χ4v) is 2.80. The lowest BCUT2D eigenvalue weighted by molar-refractivity contribution is 0.180. The van der Waals surface area contributed by atoms with Crippen LogP contribution >= 0.6 is 0 Å². The fraction of sp³-hybridized carbons (Fsp3) is 0.368. The first-order valence-corrected chi connectivity index (χ1v) is 8.42. The quantitative estimate of drug-likeness (QED) is 0.679. The lowest BCUT2D eigenvalue weighted by Crippen LogP contribution is -2.28. The Morgan fingerprint density at radius 1 is 1.04 bits per heavy atom. The van der Waals surface area contributed by atoms with Gasteiger partial charge in [0.25, 0.3) is 5.89 Å². The Morgan fingerprint density at radius 2 is 1.84 bits per heavy atom. The number of hydrogen-bond donors (Lipinski definition) is 1. The average Bonchev–Trinajstić information content (AvgIpc) is 3.19. The molecule has 0 aliphatic carbocycles. The summed E-state index contributed by atoms with van der Waals surface area (Å²) in [7, 11) is 0. The number of hydrogen-bond acceptors (Lipinski definition) is 6. The minimum Gasteiger partial charge on any atom is -0.466 e. The van der Waals surface area contributed by atoms with Crippen LogP contribution in [0.1, 0.15) is 23.0 Å². The summed E-state index contributed by atoms with van der Waals surface area (Å²) in [5.41, 5.74) is 2.09. The van der Waals surface area contributed by atoms with Crippen LogP contribution in [0.3, 0.4) is 0 Å². The zero-order valence-corrected chi connectivity index (χ0v) is 14.6. The van der Waals surface area contributed by atoms with Crippen molar-refractivity contribution < 1.29 is 13.9 Å². The fourth-order valence-electron chi connectivity index (χ4n) is 2.80. The van der Waals surface area contributed by atoms with Crippen LogP contribution in [0.5, 0.6) is 0 Å². The summed E-state index contributed by atoms with van der Waals surface area (Å²) in [4.78, 5) is 2.11. The summed E-state index contributed by atoms with van der Waals surface area (Å²) < 4.78 is 11.3. The highest BCUT2D eigenvalue weighted by Crippen LogP contribution is 2.25. The molecule has 0 unspecified atom stereocenters. The van der Waals surface area contributed by atoms with Crippen molar-refractivity contribution in [1.29, 1.82) is 0 Å². The van der Waals surface area contributed by atoms with Gasteiger partial charge in [0, 0.05) is 13.1 Å². The van der Waals surface area contributed by atoms with E-state index in [1.807, 2.05) is 38.1 Å². The van der Waals surface area contributed by atoms with E-state index in [4.69, 9.17) is 8.83 Å². The monoisotopic (exact) mass is 341 g/mol. The molecule has 0 saturated carbocycles. The van der Waals surface area contributed by atoms with Crippen molar-refractivity contribution >= 4 is 0 Å². The summed E-state index contributed by atoms with van der Waals surface area (Å²) in [6.45, 7) is 5.75. The summed E-state index contributed by atoms with van der Waals surface area (Å²) in [6, 6.07) is 12.2. The van der Waals surface area contributed by atoms with E-state index in [-0.39, 0.29) is 6.61 Å². The standard InChI is InChI=1S/C19H23N3O3/c1-14-12-17(15(2)24-14)19-21-20-18(25-19)13-22(10-11-23)9-8-16-6-4-3-5-7-16/h3-7,12,23H,8-11,13H2,1-2H3. The highest BCUT2D eigenvalue weighted by Gasteiger charge is 2.16. The van der Waals surface area contributed by atoms with Crippen molar-refractivity contribution in [2.75, 3.05) is 19.7 Å². The maximum Gasteiger partial charge on any atom is 0.251 e. The number of aliphatic hydroxyl groups excluding tert-OH is 1. The van der Waals surface area contributed by atoms with Gasteiger partial charge in [0.15, 0.2) is 0 Å². The van der Waals surface area contributed by atoms with E-state index in [1.165, 1.54) is 5.56 Å². The second kappa shape index (κ2) is 8.09. The maximum absolute atomic E-state index is 9.31. The largest absolute Gasteiger partial charge is 0.466 e. The predicted octanol–water partition coefficient (Wildman–Crippen LogP) is 2.98. The van der Waals surface area contributed by atoms with E-state index in [0.717, 1.165) is 30.0 Å². The van der Waals surface area contributed by atoms with Gasteiger partial charge in [0.1, 0.15) is 11.5 Å². The Balaban J connectivity index is 1.65. The molecule has 0 spiro atoms. The molecule has 0 bridgehead atoms. The average molecular weight is 341 g/mol. The van der Waals surface area contributed by atoms with E-state index in [2.05, 4.69) is 27.2 Å². The molecule has 25 heavy (non-hydrogen) atoms. The SMILES string of the molecule is Cc1cc(-c2nnc(CN(CCO)CCc3ccccc3)o2)c(C)o1. The number of nitrogens with zero attached hydrogens (tertiary/aromatic N) is 3. The van der Waals surface area contributed by atoms with Crippen LogP contribution in [0, 0.1) is 13.8 Å². The van der Waals surface area contributed by atoms with Gasteiger partial charge < -0.3 is 13.9 Å². The molecule has 2 aromatic heterocycles. The molecule has 0 atom stereocenters.